The molecule has 2 heterocycles. The lowest BCUT2D eigenvalue weighted by atomic mass is 9.91. The highest BCUT2D eigenvalue weighted by molar-refractivity contribution is 5.88. The smallest absolute Gasteiger partial charge is 0.243 e. The van der Waals surface area contributed by atoms with E-state index in [1.165, 1.54) is 0 Å². The summed E-state index contributed by atoms with van der Waals surface area (Å²) < 4.78 is 0. The molecule has 0 aromatic carbocycles. The van der Waals surface area contributed by atoms with Gasteiger partial charge in [-0.15, -0.1) is 0 Å². The van der Waals surface area contributed by atoms with Crippen molar-refractivity contribution in [3.63, 3.8) is 0 Å². The minimum atomic E-state index is -0.259. The number of carbonyl (C=O) groups is 2. The molecule has 2 aliphatic heterocycles. The van der Waals surface area contributed by atoms with E-state index >= 15 is 0 Å². The number of nitrogens with zero attached hydrogens (tertiary/aromatic N) is 1. The Morgan fingerprint density at radius 2 is 2.05 bits per heavy atom. The van der Waals surface area contributed by atoms with Gasteiger partial charge in [0.15, 0.2) is 0 Å². The molecule has 114 valence electrons. The summed E-state index contributed by atoms with van der Waals surface area (Å²) in [6, 6.07) is -0.0341. The Hall–Kier alpha value is -1.10. The van der Waals surface area contributed by atoms with E-state index in [-0.39, 0.29) is 29.3 Å². The molecule has 0 aliphatic carbocycles. The number of likely N-dealkylation sites (tertiary alicyclic amines) is 1. The van der Waals surface area contributed by atoms with Gasteiger partial charge < -0.3 is 15.5 Å². The molecule has 20 heavy (non-hydrogen) atoms. The van der Waals surface area contributed by atoms with Crippen LogP contribution in [0.3, 0.4) is 0 Å². The molecule has 2 N–H and O–H groups in total. The molecule has 2 unspecified atom stereocenters. The van der Waals surface area contributed by atoms with E-state index in [0.717, 1.165) is 38.9 Å². The summed E-state index contributed by atoms with van der Waals surface area (Å²) in [7, 11) is 0. The van der Waals surface area contributed by atoms with E-state index in [1.54, 1.807) is 4.90 Å². The average molecular weight is 281 g/mol. The fourth-order valence-corrected chi connectivity index (χ4v) is 2.97. The molecule has 0 bridgehead atoms. The van der Waals surface area contributed by atoms with Crippen LogP contribution < -0.4 is 10.6 Å². The maximum Gasteiger partial charge on any atom is 0.243 e. The van der Waals surface area contributed by atoms with Crippen LogP contribution in [0.4, 0.5) is 0 Å². The van der Waals surface area contributed by atoms with Crippen molar-refractivity contribution in [1.29, 1.82) is 0 Å². The molecule has 2 aliphatic rings. The van der Waals surface area contributed by atoms with Crippen molar-refractivity contribution in [3.05, 3.63) is 0 Å². The molecule has 2 amide bonds. The summed E-state index contributed by atoms with van der Waals surface area (Å²) in [6.07, 6.45) is 3.20. The van der Waals surface area contributed by atoms with E-state index in [0.29, 0.717) is 6.42 Å². The first-order valence-electron chi connectivity index (χ1n) is 7.67. The summed E-state index contributed by atoms with van der Waals surface area (Å²) in [5.74, 6) is 0.137. The van der Waals surface area contributed by atoms with Gasteiger partial charge in [0.25, 0.3) is 0 Å². The Morgan fingerprint density at radius 1 is 1.30 bits per heavy atom. The fraction of sp³-hybridized carbons (Fsp3) is 0.867. The molecule has 0 saturated carbocycles. The van der Waals surface area contributed by atoms with Gasteiger partial charge in [-0.1, -0.05) is 20.8 Å². The zero-order valence-corrected chi connectivity index (χ0v) is 12.9. The molecule has 2 atom stereocenters. The van der Waals surface area contributed by atoms with Crippen LogP contribution in [-0.2, 0) is 9.59 Å². The summed E-state index contributed by atoms with van der Waals surface area (Å²) in [4.78, 5) is 26.5. The first-order chi connectivity index (χ1) is 9.37. The van der Waals surface area contributed by atoms with Crippen molar-refractivity contribution in [2.45, 2.75) is 58.5 Å². The third-order valence-electron chi connectivity index (χ3n) is 3.96. The topological polar surface area (TPSA) is 61.4 Å². The molecular formula is C15H27N3O2. The fourth-order valence-electron chi connectivity index (χ4n) is 2.97. The largest absolute Gasteiger partial charge is 0.350 e. The molecule has 5 nitrogen and oxygen atoms in total. The number of rotatable bonds is 3. The lowest BCUT2D eigenvalue weighted by Gasteiger charge is -2.28. The van der Waals surface area contributed by atoms with Crippen molar-refractivity contribution in [2.24, 2.45) is 5.41 Å². The molecule has 2 fully saturated rings. The molecule has 0 aromatic heterocycles. The van der Waals surface area contributed by atoms with Gasteiger partial charge in [0.05, 0.1) is 0 Å². The summed E-state index contributed by atoms with van der Waals surface area (Å²) in [5, 5.41) is 6.31. The van der Waals surface area contributed by atoms with Crippen LogP contribution in [0.5, 0.6) is 0 Å². The SMILES string of the molecule is CC(C)(C)CC(=O)N1CCCC1C(=O)NC1CCNC1. The lowest BCUT2D eigenvalue weighted by molar-refractivity contribution is -0.140. The van der Waals surface area contributed by atoms with Crippen molar-refractivity contribution < 1.29 is 9.59 Å². The van der Waals surface area contributed by atoms with Crippen LogP contribution >= 0.6 is 0 Å². The lowest BCUT2D eigenvalue weighted by Crippen LogP contribution is -2.49. The molecule has 0 aromatic rings. The highest BCUT2D eigenvalue weighted by Gasteiger charge is 2.36. The Labute approximate surface area is 121 Å². The van der Waals surface area contributed by atoms with Crippen LogP contribution in [0.15, 0.2) is 0 Å². The van der Waals surface area contributed by atoms with Gasteiger partial charge in [0.2, 0.25) is 11.8 Å². The van der Waals surface area contributed by atoms with Crippen LogP contribution in [0.1, 0.15) is 46.5 Å². The third kappa shape index (κ3) is 3.95. The predicted molar refractivity (Wildman–Crippen MR) is 78.2 cm³/mol. The van der Waals surface area contributed by atoms with Crippen LogP contribution in [0.25, 0.3) is 0 Å². The van der Waals surface area contributed by atoms with Crippen LogP contribution in [0, 0.1) is 5.41 Å². The summed E-state index contributed by atoms with van der Waals surface area (Å²) >= 11 is 0. The molecule has 2 rings (SSSR count). The number of nitrogens with one attached hydrogen (secondary N) is 2. The number of hydrogen-bond acceptors (Lipinski definition) is 3. The Kier molecular flexibility index (Phi) is 4.68. The summed E-state index contributed by atoms with van der Waals surface area (Å²) in [6.45, 7) is 8.69. The van der Waals surface area contributed by atoms with Crippen molar-refractivity contribution in [1.82, 2.24) is 15.5 Å². The first-order valence-corrected chi connectivity index (χ1v) is 7.67. The van der Waals surface area contributed by atoms with Gasteiger partial charge in [0.1, 0.15) is 6.04 Å². The zero-order valence-electron chi connectivity index (χ0n) is 12.9. The van der Waals surface area contributed by atoms with Gasteiger partial charge in [-0.05, 0) is 31.2 Å². The number of amides is 2. The second kappa shape index (κ2) is 6.12. The Bertz CT molecular complexity index is 370. The van der Waals surface area contributed by atoms with Crippen molar-refractivity contribution in [2.75, 3.05) is 19.6 Å². The second-order valence-corrected chi connectivity index (χ2v) is 7.18. The first kappa shape index (κ1) is 15.3. The standard InChI is InChI=1S/C15H27N3O2/c1-15(2,3)9-13(19)18-8-4-5-12(18)14(20)17-11-6-7-16-10-11/h11-12,16H,4-10H2,1-3H3,(H,17,20). The molecule has 0 radical (unpaired) electrons. The second-order valence-electron chi connectivity index (χ2n) is 7.18. The van der Waals surface area contributed by atoms with Crippen molar-refractivity contribution >= 4 is 11.8 Å². The maximum atomic E-state index is 12.3. The van der Waals surface area contributed by atoms with Crippen molar-refractivity contribution in [3.8, 4) is 0 Å². The Morgan fingerprint density at radius 3 is 2.65 bits per heavy atom. The molecule has 2 saturated heterocycles. The maximum absolute atomic E-state index is 12.3. The van der Waals surface area contributed by atoms with Crippen LogP contribution in [-0.4, -0.2) is 48.4 Å². The number of carbonyl (C=O) groups excluding carboxylic acids is 2. The zero-order chi connectivity index (χ0) is 14.8. The Balaban J connectivity index is 1.92. The average Bonchev–Trinajstić information content (AvgIpc) is 2.96. The quantitative estimate of drug-likeness (QED) is 0.808. The van der Waals surface area contributed by atoms with Gasteiger partial charge >= 0.3 is 0 Å². The van der Waals surface area contributed by atoms with E-state index in [9.17, 15) is 9.59 Å². The normalized spacial score (nSPS) is 26.9. The van der Waals surface area contributed by atoms with Crippen LogP contribution in [0.2, 0.25) is 0 Å². The van der Waals surface area contributed by atoms with E-state index in [2.05, 4.69) is 31.4 Å². The van der Waals surface area contributed by atoms with E-state index in [4.69, 9.17) is 0 Å². The monoisotopic (exact) mass is 281 g/mol. The summed E-state index contributed by atoms with van der Waals surface area (Å²) in [5.41, 5.74) is -0.0317. The van der Waals surface area contributed by atoms with Gasteiger partial charge in [0, 0.05) is 25.6 Å². The molecular weight excluding hydrogens is 254 g/mol. The van der Waals surface area contributed by atoms with Gasteiger partial charge in [-0.25, -0.2) is 0 Å². The molecule has 0 spiro atoms. The van der Waals surface area contributed by atoms with E-state index in [1.807, 2.05) is 0 Å². The number of hydrogen-bond donors (Lipinski definition) is 2. The minimum absolute atomic E-state index is 0.0264. The third-order valence-corrected chi connectivity index (χ3v) is 3.96. The highest BCUT2D eigenvalue weighted by atomic mass is 16.2. The minimum Gasteiger partial charge on any atom is -0.350 e. The van der Waals surface area contributed by atoms with Gasteiger partial charge in [-0.2, -0.15) is 0 Å². The predicted octanol–water partition coefficient (Wildman–Crippen LogP) is 0.892. The van der Waals surface area contributed by atoms with E-state index < -0.39 is 0 Å². The molecule has 5 heteroatoms. The highest BCUT2D eigenvalue weighted by Crippen LogP contribution is 2.25. The van der Waals surface area contributed by atoms with Gasteiger partial charge in [-0.3, -0.25) is 9.59 Å².